The molecule has 0 aliphatic heterocycles. The Morgan fingerprint density at radius 1 is 1.36 bits per heavy atom. The molecule has 0 fully saturated rings. The largest absolute Gasteiger partial charge is 0.698 e. The van der Waals surface area contributed by atoms with Crippen molar-refractivity contribution in [2.45, 2.75) is 0 Å². The summed E-state index contributed by atoms with van der Waals surface area (Å²) in [4.78, 5) is 10.8. The molecule has 1 N–H and O–H groups in total. The van der Waals surface area contributed by atoms with E-state index in [0.29, 0.717) is 5.56 Å². The molecule has 0 atom stereocenters. The number of nitrogens with one attached hydrogen (secondary N) is 1. The molecule has 14 heavy (non-hydrogen) atoms. The molecule has 1 aromatic rings. The monoisotopic (exact) mass is 403 g/mol. The van der Waals surface area contributed by atoms with E-state index < -0.39 is 5.97 Å². The first-order valence-corrected chi connectivity index (χ1v) is 3.80. The smallest absolute Gasteiger partial charge is 0.329 e. The SMILES string of the molecule is COC(=O)/C=C(\[NH-])c1ccccc1.[Ac]. The number of carbonyl (C=O) groups is 1. The summed E-state index contributed by atoms with van der Waals surface area (Å²) in [7, 11) is 1.29. The van der Waals surface area contributed by atoms with Gasteiger partial charge in [0.15, 0.2) is 0 Å². The third kappa shape index (κ3) is 4.26. The predicted molar refractivity (Wildman–Crippen MR) is 50.8 cm³/mol. The average Bonchev–Trinajstić information content (AvgIpc) is 2.19. The quantitative estimate of drug-likeness (QED) is 0.562. The van der Waals surface area contributed by atoms with Crippen LogP contribution in [0, 0.1) is 44.1 Å². The van der Waals surface area contributed by atoms with Gasteiger partial charge in [-0.25, -0.2) is 4.79 Å². The topological polar surface area (TPSA) is 50.1 Å². The van der Waals surface area contributed by atoms with Crippen LogP contribution in [0.1, 0.15) is 5.56 Å². The van der Waals surface area contributed by atoms with E-state index in [4.69, 9.17) is 5.73 Å². The molecule has 1 rings (SSSR count). The Balaban J connectivity index is 0.00000169. The number of hydrogen-bond donors (Lipinski definition) is 0. The number of esters is 1. The van der Waals surface area contributed by atoms with Gasteiger partial charge < -0.3 is 10.5 Å². The molecule has 3 nitrogen and oxygen atoms in total. The van der Waals surface area contributed by atoms with Crippen molar-refractivity contribution in [1.82, 2.24) is 0 Å². The Labute approximate surface area is 119 Å². The molecule has 1 radical (unpaired) electrons. The summed E-state index contributed by atoms with van der Waals surface area (Å²) in [5.74, 6) is -0.506. The van der Waals surface area contributed by atoms with Crippen molar-refractivity contribution in [1.29, 1.82) is 0 Å². The van der Waals surface area contributed by atoms with Crippen molar-refractivity contribution in [3.05, 3.63) is 47.7 Å². The molecule has 4 heteroatoms. The van der Waals surface area contributed by atoms with E-state index in [1.54, 1.807) is 12.1 Å². The normalized spacial score (nSPS) is 10.2. The second kappa shape index (κ2) is 7.03. The number of ether oxygens (including phenoxy) is 1. The summed E-state index contributed by atoms with van der Waals surface area (Å²) in [6.45, 7) is 0. The Bertz CT molecular complexity index is 322. The van der Waals surface area contributed by atoms with Gasteiger partial charge in [-0.05, 0) is 5.56 Å². The molecule has 0 aliphatic rings. The fourth-order valence-electron chi connectivity index (χ4n) is 0.878. The van der Waals surface area contributed by atoms with E-state index in [1.807, 2.05) is 18.2 Å². The minimum absolute atomic E-state index is 0. The maximum absolute atomic E-state index is 10.8. The van der Waals surface area contributed by atoms with Gasteiger partial charge in [-0.15, -0.1) is 5.70 Å². The van der Waals surface area contributed by atoms with Crippen LogP contribution in [-0.4, -0.2) is 13.1 Å². The average molecular weight is 403 g/mol. The number of benzene rings is 1. The van der Waals surface area contributed by atoms with Crippen LogP contribution < -0.4 is 0 Å². The third-order valence-electron chi connectivity index (χ3n) is 1.55. The van der Waals surface area contributed by atoms with Crippen LogP contribution in [0.15, 0.2) is 36.4 Å². The van der Waals surface area contributed by atoms with Crippen molar-refractivity contribution in [3.8, 4) is 0 Å². The molecule has 0 amide bonds. The van der Waals surface area contributed by atoms with Gasteiger partial charge in [0.1, 0.15) is 0 Å². The fourth-order valence-corrected chi connectivity index (χ4v) is 0.878. The Kier molecular flexibility index (Phi) is 6.86. The van der Waals surface area contributed by atoms with Gasteiger partial charge in [-0.2, -0.15) is 0 Å². The number of methoxy groups -OCH3 is 1. The summed E-state index contributed by atoms with van der Waals surface area (Å²) in [5.41, 5.74) is 8.37. The van der Waals surface area contributed by atoms with Gasteiger partial charge in [-0.3, -0.25) is 0 Å². The zero-order valence-electron chi connectivity index (χ0n) is 7.86. The van der Waals surface area contributed by atoms with Crippen molar-refractivity contribution in [2.75, 3.05) is 7.11 Å². The molecule has 71 valence electrons. The first-order valence-electron chi connectivity index (χ1n) is 3.80. The second-order valence-corrected chi connectivity index (χ2v) is 2.45. The Morgan fingerprint density at radius 3 is 2.43 bits per heavy atom. The standard InChI is InChI=1S/C10H11NO2.Ac/c1-13-10(12)7-9(11)8-5-3-2-4-6-8;/h2-7H,1H3,(H2,11,12);/p-1. The summed E-state index contributed by atoms with van der Waals surface area (Å²) >= 11 is 0. The molecule has 0 heterocycles. The van der Waals surface area contributed by atoms with Crippen LogP contribution >= 0.6 is 0 Å². The van der Waals surface area contributed by atoms with E-state index in [1.165, 1.54) is 7.11 Å². The van der Waals surface area contributed by atoms with Gasteiger partial charge in [0, 0.05) is 50.1 Å². The fraction of sp³-hybridized carbons (Fsp3) is 0.100. The Hall–Kier alpha value is -0.328. The summed E-state index contributed by atoms with van der Waals surface area (Å²) in [6.07, 6.45) is 1.15. The van der Waals surface area contributed by atoms with E-state index in [2.05, 4.69) is 4.74 Å². The number of rotatable bonds is 2. The summed E-state index contributed by atoms with van der Waals surface area (Å²) in [6, 6.07) is 9.02. The van der Waals surface area contributed by atoms with Crippen molar-refractivity contribution >= 4 is 11.7 Å². The van der Waals surface area contributed by atoms with Crippen LogP contribution in [-0.2, 0) is 9.53 Å². The first-order chi connectivity index (χ1) is 6.24. The molecule has 0 aromatic heterocycles. The number of hydrogen-bond acceptors (Lipinski definition) is 2. The van der Waals surface area contributed by atoms with Gasteiger partial charge in [0.25, 0.3) is 0 Å². The molecule has 0 bridgehead atoms. The van der Waals surface area contributed by atoms with Gasteiger partial charge in [0.05, 0.1) is 7.11 Å². The maximum Gasteiger partial charge on any atom is 0.329 e. The summed E-state index contributed by atoms with van der Waals surface area (Å²) < 4.78 is 4.41. The third-order valence-corrected chi connectivity index (χ3v) is 1.55. The van der Waals surface area contributed by atoms with E-state index in [-0.39, 0.29) is 49.8 Å². The maximum atomic E-state index is 10.8. The van der Waals surface area contributed by atoms with E-state index >= 15 is 0 Å². The molecule has 0 unspecified atom stereocenters. The molecular formula is C10H10AcNO2-. The zero-order chi connectivity index (χ0) is 9.68. The minimum Gasteiger partial charge on any atom is -0.698 e. The van der Waals surface area contributed by atoms with Crippen molar-refractivity contribution < 1.29 is 53.6 Å². The van der Waals surface area contributed by atoms with Crippen LogP contribution in [0.3, 0.4) is 0 Å². The second-order valence-electron chi connectivity index (χ2n) is 2.45. The van der Waals surface area contributed by atoms with E-state index in [9.17, 15) is 4.79 Å². The Morgan fingerprint density at radius 2 is 1.93 bits per heavy atom. The zero-order valence-corrected chi connectivity index (χ0v) is 12.6. The van der Waals surface area contributed by atoms with Crippen molar-refractivity contribution in [3.63, 3.8) is 0 Å². The van der Waals surface area contributed by atoms with Crippen LogP contribution in [0.5, 0.6) is 0 Å². The van der Waals surface area contributed by atoms with Crippen LogP contribution in [0.25, 0.3) is 11.4 Å². The van der Waals surface area contributed by atoms with Gasteiger partial charge in [-0.1, -0.05) is 30.3 Å². The van der Waals surface area contributed by atoms with Gasteiger partial charge in [0.2, 0.25) is 0 Å². The molecular weight excluding hydrogens is 393 g/mol. The first kappa shape index (κ1) is 13.7. The predicted octanol–water partition coefficient (Wildman–Crippen LogP) is 2.25. The molecule has 0 saturated heterocycles. The molecule has 0 aliphatic carbocycles. The number of carbonyl (C=O) groups excluding carboxylic acids is 1. The van der Waals surface area contributed by atoms with Crippen molar-refractivity contribution in [2.24, 2.45) is 0 Å². The molecule has 0 saturated carbocycles. The molecule has 0 spiro atoms. The molecule has 1 aromatic carbocycles. The summed E-state index contributed by atoms with van der Waals surface area (Å²) in [5, 5.41) is 0. The van der Waals surface area contributed by atoms with Gasteiger partial charge >= 0.3 is 5.97 Å². The minimum atomic E-state index is -0.506. The van der Waals surface area contributed by atoms with Crippen LogP contribution in [0.4, 0.5) is 0 Å². The van der Waals surface area contributed by atoms with E-state index in [0.717, 1.165) is 6.08 Å². The van der Waals surface area contributed by atoms with Crippen LogP contribution in [0.2, 0.25) is 0 Å².